The van der Waals surface area contributed by atoms with Gasteiger partial charge in [-0.2, -0.15) is 0 Å². The van der Waals surface area contributed by atoms with Crippen molar-refractivity contribution in [2.45, 2.75) is 40.0 Å². The zero-order valence-electron chi connectivity index (χ0n) is 9.04. The van der Waals surface area contributed by atoms with E-state index in [9.17, 15) is 0 Å². The van der Waals surface area contributed by atoms with Gasteiger partial charge in [0.15, 0.2) is 0 Å². The number of hydrogen-bond acceptors (Lipinski definition) is 3. The van der Waals surface area contributed by atoms with Gasteiger partial charge < -0.3 is 14.0 Å². The predicted molar refractivity (Wildman–Crippen MR) is 61.6 cm³/mol. The van der Waals surface area contributed by atoms with Crippen LogP contribution in [0.1, 0.15) is 40.0 Å². The van der Waals surface area contributed by atoms with Crippen LogP contribution >= 0.6 is 0 Å². The molecule has 0 rings (SSSR count). The molecule has 0 unspecified atom stereocenters. The molecule has 0 aliphatic rings. The molecule has 0 fully saturated rings. The van der Waals surface area contributed by atoms with Gasteiger partial charge in [0.1, 0.15) is 0 Å². The van der Waals surface area contributed by atoms with Gasteiger partial charge in [-0.3, -0.25) is 0 Å². The molecule has 0 N–H and O–H groups in total. The summed E-state index contributed by atoms with van der Waals surface area (Å²) in [6, 6.07) is 0. The van der Waals surface area contributed by atoms with Crippen LogP contribution in [0.5, 0.6) is 0 Å². The van der Waals surface area contributed by atoms with E-state index >= 15 is 0 Å². The van der Waals surface area contributed by atoms with Crippen molar-refractivity contribution in [2.24, 2.45) is 0 Å². The zero-order chi connectivity index (χ0) is 9.94. The number of hydrogen-bond donors (Lipinski definition) is 0. The van der Waals surface area contributed by atoms with E-state index in [1.165, 1.54) is 0 Å². The Morgan fingerprint density at radius 1 is 0.714 bits per heavy atom. The van der Waals surface area contributed by atoms with Crippen molar-refractivity contribution in [1.82, 2.24) is 0 Å². The molecular formula is C9H22BNaO3. The molecule has 0 amide bonds. The SMILES string of the molecule is CCCOB(OCCC)OCCC.[NaH]. The van der Waals surface area contributed by atoms with E-state index in [0.29, 0.717) is 19.8 Å². The van der Waals surface area contributed by atoms with Crippen LogP contribution in [0.15, 0.2) is 0 Å². The Balaban J connectivity index is 0. The van der Waals surface area contributed by atoms with E-state index in [0.717, 1.165) is 19.3 Å². The van der Waals surface area contributed by atoms with Crippen molar-refractivity contribution in [3.8, 4) is 0 Å². The van der Waals surface area contributed by atoms with Crippen LogP contribution in [0.25, 0.3) is 0 Å². The van der Waals surface area contributed by atoms with Gasteiger partial charge >= 0.3 is 36.9 Å². The second kappa shape index (κ2) is 13.9. The normalized spacial score (nSPS) is 9.64. The third-order valence-corrected chi connectivity index (χ3v) is 1.37. The van der Waals surface area contributed by atoms with Crippen LogP contribution in [0.3, 0.4) is 0 Å². The fraction of sp³-hybridized carbons (Fsp3) is 1.00. The average molecular weight is 212 g/mol. The molecule has 0 bridgehead atoms. The third-order valence-electron chi connectivity index (χ3n) is 1.37. The molecule has 0 saturated heterocycles. The van der Waals surface area contributed by atoms with E-state index in [4.69, 9.17) is 14.0 Å². The zero-order valence-corrected chi connectivity index (χ0v) is 9.04. The first kappa shape index (κ1) is 17.3. The van der Waals surface area contributed by atoms with Crippen molar-refractivity contribution in [1.29, 1.82) is 0 Å². The van der Waals surface area contributed by atoms with Crippen LogP contribution in [0, 0.1) is 0 Å². The summed E-state index contributed by atoms with van der Waals surface area (Å²) < 4.78 is 16.1. The molecule has 0 saturated carbocycles. The molecule has 3 nitrogen and oxygen atoms in total. The van der Waals surface area contributed by atoms with Gasteiger partial charge in [0.2, 0.25) is 0 Å². The molecule has 14 heavy (non-hydrogen) atoms. The van der Waals surface area contributed by atoms with E-state index < -0.39 is 7.32 Å². The second-order valence-corrected chi connectivity index (χ2v) is 2.90. The Bertz CT molecular complexity index is 87.0. The Morgan fingerprint density at radius 3 is 1.21 bits per heavy atom. The molecule has 0 radical (unpaired) electrons. The molecule has 0 aromatic heterocycles. The van der Waals surface area contributed by atoms with Gasteiger partial charge in [0.25, 0.3) is 0 Å². The predicted octanol–water partition coefficient (Wildman–Crippen LogP) is 1.60. The molecule has 80 valence electrons. The van der Waals surface area contributed by atoms with Crippen molar-refractivity contribution in [2.75, 3.05) is 19.8 Å². The van der Waals surface area contributed by atoms with Crippen LogP contribution in [-0.4, -0.2) is 56.7 Å². The summed E-state index contributed by atoms with van der Waals surface area (Å²) in [4.78, 5) is 0. The molecule has 0 aliphatic carbocycles. The van der Waals surface area contributed by atoms with Crippen LogP contribution in [0.4, 0.5) is 0 Å². The van der Waals surface area contributed by atoms with Gasteiger partial charge in [-0.15, -0.1) is 0 Å². The van der Waals surface area contributed by atoms with Crippen molar-refractivity contribution in [3.63, 3.8) is 0 Å². The molecule has 0 aromatic rings. The summed E-state index contributed by atoms with van der Waals surface area (Å²) in [5.41, 5.74) is 0. The van der Waals surface area contributed by atoms with Crippen LogP contribution in [-0.2, 0) is 14.0 Å². The Kier molecular flexibility index (Phi) is 17.3. The molecule has 0 atom stereocenters. The van der Waals surface area contributed by atoms with E-state index in [1.54, 1.807) is 0 Å². The average Bonchev–Trinajstić information content (AvgIpc) is 2.17. The summed E-state index contributed by atoms with van der Waals surface area (Å²) in [5.74, 6) is 0. The Hall–Kier alpha value is 0.945. The van der Waals surface area contributed by atoms with E-state index in [2.05, 4.69) is 20.8 Å². The standard InChI is InChI=1S/C9H21BO3.Na.H/c1-4-7-11-10(12-8-5-2)13-9-6-3;;/h4-9H2,1-3H3;;. The van der Waals surface area contributed by atoms with Crippen molar-refractivity contribution >= 4 is 36.9 Å². The first-order valence-corrected chi connectivity index (χ1v) is 5.19. The fourth-order valence-electron chi connectivity index (χ4n) is 0.787. The Morgan fingerprint density at radius 2 is 1.00 bits per heavy atom. The quantitative estimate of drug-likeness (QED) is 0.543. The van der Waals surface area contributed by atoms with Gasteiger partial charge in [-0.1, -0.05) is 20.8 Å². The monoisotopic (exact) mass is 212 g/mol. The summed E-state index contributed by atoms with van der Waals surface area (Å²) in [5, 5.41) is 0. The topological polar surface area (TPSA) is 27.7 Å². The van der Waals surface area contributed by atoms with E-state index in [1.807, 2.05) is 0 Å². The first-order valence-electron chi connectivity index (χ1n) is 5.19. The number of rotatable bonds is 9. The first-order chi connectivity index (χ1) is 6.35. The van der Waals surface area contributed by atoms with Gasteiger partial charge in [0.05, 0.1) is 0 Å². The summed E-state index contributed by atoms with van der Waals surface area (Å²) in [6.45, 7) is 8.28. The summed E-state index contributed by atoms with van der Waals surface area (Å²) in [6.07, 6.45) is 2.96. The molecule has 0 heterocycles. The molecule has 0 aromatic carbocycles. The minimum absolute atomic E-state index is 0. The van der Waals surface area contributed by atoms with Gasteiger partial charge in [-0.25, -0.2) is 0 Å². The maximum absolute atomic E-state index is 5.35. The molecule has 0 spiro atoms. The van der Waals surface area contributed by atoms with E-state index in [-0.39, 0.29) is 29.6 Å². The second-order valence-electron chi connectivity index (χ2n) is 2.90. The fourth-order valence-corrected chi connectivity index (χ4v) is 0.787. The maximum atomic E-state index is 5.35. The third kappa shape index (κ3) is 11.0. The molecule has 0 aliphatic heterocycles. The minimum atomic E-state index is -0.458. The van der Waals surface area contributed by atoms with Crippen molar-refractivity contribution < 1.29 is 14.0 Å². The van der Waals surface area contributed by atoms with Gasteiger partial charge in [0, 0.05) is 19.8 Å². The Labute approximate surface area is 110 Å². The molecule has 5 heteroatoms. The van der Waals surface area contributed by atoms with Crippen LogP contribution < -0.4 is 0 Å². The van der Waals surface area contributed by atoms with Crippen molar-refractivity contribution in [3.05, 3.63) is 0 Å². The van der Waals surface area contributed by atoms with Crippen LogP contribution in [0.2, 0.25) is 0 Å². The molecular weight excluding hydrogens is 190 g/mol. The summed E-state index contributed by atoms with van der Waals surface area (Å²) >= 11 is 0. The summed E-state index contributed by atoms with van der Waals surface area (Å²) in [7, 11) is -0.458. The van der Waals surface area contributed by atoms with Gasteiger partial charge in [-0.05, 0) is 19.3 Å².